The number of halogens is 1. The minimum Gasteiger partial charge on any atom is -0.506 e. The number of aromatic amines is 1. The van der Waals surface area contributed by atoms with Gasteiger partial charge in [-0.3, -0.25) is 14.8 Å². The summed E-state index contributed by atoms with van der Waals surface area (Å²) in [6.45, 7) is 3.90. The van der Waals surface area contributed by atoms with Gasteiger partial charge in [-0.05, 0) is 12.1 Å². The van der Waals surface area contributed by atoms with Gasteiger partial charge in [0.15, 0.2) is 5.76 Å². The molecule has 0 saturated carbocycles. The first-order chi connectivity index (χ1) is 14.1. The Labute approximate surface area is 171 Å². The number of ketones is 1. The van der Waals surface area contributed by atoms with Crippen molar-refractivity contribution in [3.05, 3.63) is 57.9 Å². The molecule has 8 heteroatoms. The molecule has 1 saturated heterocycles. The van der Waals surface area contributed by atoms with Crippen molar-refractivity contribution in [2.24, 2.45) is 0 Å². The highest BCUT2D eigenvalue weighted by Crippen LogP contribution is 2.44. The number of rotatable bonds is 3. The van der Waals surface area contributed by atoms with E-state index in [1.54, 1.807) is 6.08 Å². The van der Waals surface area contributed by atoms with Crippen LogP contribution in [0.2, 0.25) is 5.02 Å². The first-order valence-electron chi connectivity index (χ1n) is 9.46. The molecule has 5 rings (SSSR count). The largest absolute Gasteiger partial charge is 0.506 e. The standard InChI is InChI=1S/C21H19ClN4O3/c22-15-9-13-20(28)18(10-17-12-3-1-2-4-16(12)24-25-17)29-21(13)14(19(15)27)11-26-7-5-23-6-8-26/h1-4,9-10,23,27H,5-8,11H2,(H,24,25)/b18-10-. The van der Waals surface area contributed by atoms with E-state index in [-0.39, 0.29) is 22.3 Å². The van der Waals surface area contributed by atoms with Gasteiger partial charge in [0.2, 0.25) is 5.78 Å². The van der Waals surface area contributed by atoms with Crippen LogP contribution in [-0.4, -0.2) is 52.2 Å². The van der Waals surface area contributed by atoms with Crippen molar-refractivity contribution in [3.63, 3.8) is 0 Å². The molecule has 7 nitrogen and oxygen atoms in total. The fraction of sp³-hybridized carbons (Fsp3) is 0.238. The second kappa shape index (κ2) is 7.18. The molecule has 1 fully saturated rings. The number of aromatic hydroxyl groups is 1. The summed E-state index contributed by atoms with van der Waals surface area (Å²) in [4.78, 5) is 15.2. The van der Waals surface area contributed by atoms with Crippen LogP contribution in [0.15, 0.2) is 36.1 Å². The number of nitrogens with one attached hydrogen (secondary N) is 2. The van der Waals surface area contributed by atoms with Crippen LogP contribution < -0.4 is 10.1 Å². The smallest absolute Gasteiger partial charge is 0.232 e. The number of nitrogens with zero attached hydrogens (tertiary/aromatic N) is 2. The van der Waals surface area contributed by atoms with E-state index >= 15 is 0 Å². The average Bonchev–Trinajstić information content (AvgIpc) is 3.28. The number of phenols is 1. The third kappa shape index (κ3) is 3.17. The van der Waals surface area contributed by atoms with Crippen molar-refractivity contribution in [3.8, 4) is 11.5 Å². The molecule has 3 heterocycles. The van der Waals surface area contributed by atoms with Gasteiger partial charge in [-0.25, -0.2) is 0 Å². The number of Topliss-reactive ketones (excluding diaryl/α,β-unsaturated/α-hetero) is 1. The molecule has 148 valence electrons. The highest BCUT2D eigenvalue weighted by Gasteiger charge is 2.33. The van der Waals surface area contributed by atoms with Gasteiger partial charge in [-0.1, -0.05) is 29.8 Å². The Kier molecular flexibility index (Phi) is 4.50. The van der Waals surface area contributed by atoms with Crippen LogP contribution in [0.3, 0.4) is 0 Å². The molecule has 3 N–H and O–H groups in total. The molecule has 0 radical (unpaired) electrons. The van der Waals surface area contributed by atoms with E-state index in [0.717, 1.165) is 37.1 Å². The summed E-state index contributed by atoms with van der Waals surface area (Å²) in [5.41, 5.74) is 2.40. The molecular formula is C21H19ClN4O3. The molecular weight excluding hydrogens is 392 g/mol. The quantitative estimate of drug-likeness (QED) is 0.575. The summed E-state index contributed by atoms with van der Waals surface area (Å²) in [5, 5.41) is 22.1. The number of allylic oxidation sites excluding steroid dienone is 1. The number of carbonyl (C=O) groups excluding carboxylic acids is 1. The third-order valence-corrected chi connectivity index (χ3v) is 5.63. The van der Waals surface area contributed by atoms with Gasteiger partial charge in [-0.2, -0.15) is 5.10 Å². The van der Waals surface area contributed by atoms with Crippen molar-refractivity contribution in [2.75, 3.05) is 26.2 Å². The van der Waals surface area contributed by atoms with Gasteiger partial charge in [-0.15, -0.1) is 0 Å². The summed E-state index contributed by atoms with van der Waals surface area (Å²) in [7, 11) is 0. The summed E-state index contributed by atoms with van der Waals surface area (Å²) in [5.74, 6) is 0.237. The number of benzene rings is 2. The van der Waals surface area contributed by atoms with Crippen LogP contribution in [0, 0.1) is 0 Å². The average molecular weight is 411 g/mol. The molecule has 0 bridgehead atoms. The van der Waals surface area contributed by atoms with Crippen LogP contribution >= 0.6 is 11.6 Å². The summed E-state index contributed by atoms with van der Waals surface area (Å²) in [6, 6.07) is 9.14. The van der Waals surface area contributed by atoms with Crippen molar-refractivity contribution in [1.82, 2.24) is 20.4 Å². The molecule has 0 amide bonds. The SMILES string of the molecule is O=C1/C(=C/c2n[nH]c3ccccc23)Oc2c1cc(Cl)c(O)c2CN1CCNCC1. The third-order valence-electron chi connectivity index (χ3n) is 5.34. The van der Waals surface area contributed by atoms with Crippen molar-refractivity contribution in [2.45, 2.75) is 6.54 Å². The van der Waals surface area contributed by atoms with E-state index in [0.29, 0.717) is 29.1 Å². The maximum absolute atomic E-state index is 13.0. The Morgan fingerprint density at radius 1 is 1.28 bits per heavy atom. The Balaban J connectivity index is 1.53. The topological polar surface area (TPSA) is 90.5 Å². The number of ether oxygens (including phenoxy) is 1. The zero-order valence-electron chi connectivity index (χ0n) is 15.5. The number of phenolic OH excluding ortho intramolecular Hbond substituents is 1. The van der Waals surface area contributed by atoms with Gasteiger partial charge >= 0.3 is 0 Å². The maximum Gasteiger partial charge on any atom is 0.232 e. The molecule has 0 spiro atoms. The van der Waals surface area contributed by atoms with Gasteiger partial charge in [0, 0.05) is 44.2 Å². The van der Waals surface area contributed by atoms with E-state index in [4.69, 9.17) is 16.3 Å². The van der Waals surface area contributed by atoms with E-state index in [1.165, 1.54) is 6.07 Å². The number of carbonyl (C=O) groups is 1. The molecule has 1 aromatic heterocycles. The number of hydrogen-bond donors (Lipinski definition) is 3. The number of hydrogen-bond acceptors (Lipinski definition) is 6. The van der Waals surface area contributed by atoms with Gasteiger partial charge in [0.1, 0.15) is 11.5 Å². The van der Waals surface area contributed by atoms with E-state index in [2.05, 4.69) is 20.4 Å². The van der Waals surface area contributed by atoms with Crippen molar-refractivity contribution < 1.29 is 14.6 Å². The van der Waals surface area contributed by atoms with Crippen LogP contribution in [0.1, 0.15) is 21.6 Å². The molecule has 0 atom stereocenters. The number of aromatic nitrogens is 2. The van der Waals surface area contributed by atoms with Crippen LogP contribution in [0.25, 0.3) is 17.0 Å². The number of piperazine rings is 1. The first-order valence-corrected chi connectivity index (χ1v) is 9.84. The Hall–Kier alpha value is -2.87. The van der Waals surface area contributed by atoms with E-state index in [1.807, 2.05) is 24.3 Å². The van der Waals surface area contributed by atoms with Gasteiger partial charge in [0.25, 0.3) is 0 Å². The summed E-state index contributed by atoms with van der Waals surface area (Å²) in [6.07, 6.45) is 1.63. The number of H-pyrrole nitrogens is 1. The monoisotopic (exact) mass is 410 g/mol. The zero-order chi connectivity index (χ0) is 20.0. The molecule has 3 aromatic rings. The minimum atomic E-state index is -0.268. The Bertz CT molecular complexity index is 1150. The zero-order valence-corrected chi connectivity index (χ0v) is 16.3. The van der Waals surface area contributed by atoms with Crippen LogP contribution in [0.4, 0.5) is 0 Å². The van der Waals surface area contributed by atoms with Crippen molar-refractivity contribution in [1.29, 1.82) is 0 Å². The lowest BCUT2D eigenvalue weighted by molar-refractivity contribution is 0.101. The Morgan fingerprint density at radius 2 is 2.07 bits per heavy atom. The highest BCUT2D eigenvalue weighted by atomic mass is 35.5. The predicted molar refractivity (Wildman–Crippen MR) is 110 cm³/mol. The normalized spacial score (nSPS) is 18.4. The van der Waals surface area contributed by atoms with Gasteiger partial charge in [0.05, 0.1) is 27.4 Å². The molecule has 0 unspecified atom stereocenters. The molecule has 29 heavy (non-hydrogen) atoms. The molecule has 2 aromatic carbocycles. The lowest BCUT2D eigenvalue weighted by atomic mass is 10.0. The summed E-state index contributed by atoms with van der Waals surface area (Å²) < 4.78 is 5.95. The van der Waals surface area contributed by atoms with E-state index in [9.17, 15) is 9.90 Å². The first kappa shape index (κ1) is 18.2. The number of para-hydroxylation sites is 1. The molecule has 2 aliphatic heterocycles. The lowest BCUT2D eigenvalue weighted by Gasteiger charge is -2.28. The minimum absolute atomic E-state index is 0.0387. The Morgan fingerprint density at radius 3 is 2.90 bits per heavy atom. The molecule has 0 aliphatic carbocycles. The van der Waals surface area contributed by atoms with Gasteiger partial charge < -0.3 is 15.2 Å². The van der Waals surface area contributed by atoms with Crippen molar-refractivity contribution >= 4 is 34.4 Å². The number of fused-ring (bicyclic) bond motifs is 2. The maximum atomic E-state index is 13.0. The highest BCUT2D eigenvalue weighted by molar-refractivity contribution is 6.33. The second-order valence-corrected chi connectivity index (χ2v) is 7.59. The summed E-state index contributed by atoms with van der Waals surface area (Å²) >= 11 is 6.22. The fourth-order valence-corrected chi connectivity index (χ4v) is 4.03. The lowest BCUT2D eigenvalue weighted by Crippen LogP contribution is -2.42. The predicted octanol–water partition coefficient (Wildman–Crippen LogP) is 2.94. The van der Waals surface area contributed by atoms with E-state index < -0.39 is 0 Å². The van der Waals surface area contributed by atoms with Crippen LogP contribution in [0.5, 0.6) is 11.5 Å². The second-order valence-electron chi connectivity index (χ2n) is 7.18. The van der Waals surface area contributed by atoms with Crippen LogP contribution in [-0.2, 0) is 6.54 Å². The fourth-order valence-electron chi connectivity index (χ4n) is 3.80. The molecule has 2 aliphatic rings.